The lowest BCUT2D eigenvalue weighted by Crippen LogP contribution is -2.38. The first-order valence-corrected chi connectivity index (χ1v) is 8.52. The fourth-order valence-corrected chi connectivity index (χ4v) is 3.53. The van der Waals surface area contributed by atoms with E-state index >= 15 is 0 Å². The molecular formula is C15H15BrClFN2S. The number of hydrogen-bond donors (Lipinski definition) is 2. The van der Waals surface area contributed by atoms with Gasteiger partial charge in [-0.25, -0.2) is 4.39 Å². The van der Waals surface area contributed by atoms with Crippen LogP contribution in [0.5, 0.6) is 0 Å². The molecule has 0 radical (unpaired) electrons. The number of thioether (sulfide) groups is 1. The standard InChI is InChI=1S/C15H15BrClFN2S/c16-11-2-1-3-13(8-11)21-9-12(20-19)6-10-4-5-14(17)15(18)7-10/h1-5,7-8,12,20H,6,9,19H2. The van der Waals surface area contributed by atoms with Crippen molar-refractivity contribution in [1.29, 1.82) is 0 Å². The van der Waals surface area contributed by atoms with Crippen molar-refractivity contribution in [2.24, 2.45) is 5.84 Å². The number of hydrazine groups is 1. The Morgan fingerprint density at radius 1 is 1.29 bits per heavy atom. The third-order valence-electron chi connectivity index (χ3n) is 2.95. The van der Waals surface area contributed by atoms with Gasteiger partial charge in [0.1, 0.15) is 5.82 Å². The highest BCUT2D eigenvalue weighted by Gasteiger charge is 2.10. The van der Waals surface area contributed by atoms with Gasteiger partial charge in [0.2, 0.25) is 0 Å². The zero-order chi connectivity index (χ0) is 15.2. The minimum Gasteiger partial charge on any atom is -0.271 e. The van der Waals surface area contributed by atoms with Crippen LogP contribution in [0.25, 0.3) is 0 Å². The largest absolute Gasteiger partial charge is 0.271 e. The molecule has 0 aromatic heterocycles. The highest BCUT2D eigenvalue weighted by atomic mass is 79.9. The summed E-state index contributed by atoms with van der Waals surface area (Å²) in [5.41, 5.74) is 3.65. The lowest BCUT2D eigenvalue weighted by atomic mass is 10.1. The van der Waals surface area contributed by atoms with Crippen molar-refractivity contribution < 1.29 is 4.39 Å². The third kappa shape index (κ3) is 5.27. The molecule has 0 heterocycles. The van der Waals surface area contributed by atoms with Gasteiger partial charge in [-0.05, 0) is 42.3 Å². The monoisotopic (exact) mass is 388 g/mol. The van der Waals surface area contributed by atoms with Crippen molar-refractivity contribution in [3.8, 4) is 0 Å². The summed E-state index contributed by atoms with van der Waals surface area (Å²) in [6.07, 6.45) is 0.644. The Bertz CT molecular complexity index is 612. The molecule has 0 amide bonds. The average Bonchev–Trinajstić information content (AvgIpc) is 2.47. The Morgan fingerprint density at radius 2 is 2.10 bits per heavy atom. The highest BCUT2D eigenvalue weighted by Crippen LogP contribution is 2.23. The van der Waals surface area contributed by atoms with Crippen LogP contribution in [-0.2, 0) is 6.42 Å². The molecule has 0 saturated heterocycles. The minimum atomic E-state index is -0.399. The molecule has 2 aromatic carbocycles. The molecule has 0 aliphatic carbocycles. The van der Waals surface area contributed by atoms with E-state index in [4.69, 9.17) is 17.4 Å². The molecule has 6 heteroatoms. The lowest BCUT2D eigenvalue weighted by molar-refractivity contribution is 0.570. The number of halogens is 3. The molecule has 2 rings (SSSR count). The number of hydrogen-bond acceptors (Lipinski definition) is 3. The van der Waals surface area contributed by atoms with Crippen molar-refractivity contribution in [2.75, 3.05) is 5.75 Å². The first-order valence-electron chi connectivity index (χ1n) is 6.37. The van der Waals surface area contributed by atoms with E-state index in [1.165, 1.54) is 6.07 Å². The molecule has 2 nitrogen and oxygen atoms in total. The van der Waals surface area contributed by atoms with E-state index in [9.17, 15) is 4.39 Å². The Morgan fingerprint density at radius 3 is 2.76 bits per heavy atom. The van der Waals surface area contributed by atoms with E-state index in [2.05, 4.69) is 27.4 Å². The van der Waals surface area contributed by atoms with E-state index in [-0.39, 0.29) is 11.1 Å². The normalized spacial score (nSPS) is 12.4. The summed E-state index contributed by atoms with van der Waals surface area (Å²) < 4.78 is 14.5. The maximum atomic E-state index is 13.4. The molecule has 1 unspecified atom stereocenters. The van der Waals surface area contributed by atoms with Crippen LogP contribution in [0, 0.1) is 5.82 Å². The highest BCUT2D eigenvalue weighted by molar-refractivity contribution is 9.10. The summed E-state index contributed by atoms with van der Waals surface area (Å²) in [5, 5.41) is 0.138. The summed E-state index contributed by atoms with van der Waals surface area (Å²) in [6, 6.07) is 13.0. The van der Waals surface area contributed by atoms with Gasteiger partial charge in [0.25, 0.3) is 0 Å². The van der Waals surface area contributed by atoms with Crippen molar-refractivity contribution in [3.63, 3.8) is 0 Å². The summed E-state index contributed by atoms with van der Waals surface area (Å²) in [4.78, 5) is 1.16. The summed E-state index contributed by atoms with van der Waals surface area (Å²) in [5.74, 6) is 5.98. The van der Waals surface area contributed by atoms with Crippen LogP contribution in [0.15, 0.2) is 51.8 Å². The van der Waals surface area contributed by atoms with Crippen LogP contribution in [0.1, 0.15) is 5.56 Å². The van der Waals surface area contributed by atoms with E-state index < -0.39 is 5.82 Å². The fraction of sp³-hybridized carbons (Fsp3) is 0.200. The molecule has 1 atom stereocenters. The summed E-state index contributed by atoms with van der Waals surface area (Å²) in [7, 11) is 0. The van der Waals surface area contributed by atoms with Crippen LogP contribution in [0.4, 0.5) is 4.39 Å². The van der Waals surface area contributed by atoms with Crippen LogP contribution in [0.2, 0.25) is 5.02 Å². The van der Waals surface area contributed by atoms with Gasteiger partial charge in [-0.15, -0.1) is 11.8 Å². The summed E-state index contributed by atoms with van der Waals surface area (Å²) in [6.45, 7) is 0. The van der Waals surface area contributed by atoms with Crippen molar-refractivity contribution in [1.82, 2.24) is 5.43 Å². The maximum absolute atomic E-state index is 13.4. The molecule has 21 heavy (non-hydrogen) atoms. The van der Waals surface area contributed by atoms with E-state index in [1.807, 2.05) is 24.3 Å². The molecule has 112 valence electrons. The van der Waals surface area contributed by atoms with Crippen LogP contribution >= 0.6 is 39.3 Å². The van der Waals surface area contributed by atoms with E-state index in [0.29, 0.717) is 6.42 Å². The van der Waals surface area contributed by atoms with Crippen LogP contribution in [0.3, 0.4) is 0 Å². The number of rotatable bonds is 6. The van der Waals surface area contributed by atoms with Gasteiger partial charge in [0, 0.05) is 21.2 Å². The predicted molar refractivity (Wildman–Crippen MR) is 91.1 cm³/mol. The Kier molecular flexibility index (Phi) is 6.51. The SMILES string of the molecule is NNC(CSc1cccc(Br)c1)Cc1ccc(Cl)c(F)c1. The molecule has 0 bridgehead atoms. The predicted octanol–water partition coefficient (Wildman–Crippen LogP) is 4.41. The number of nitrogens with two attached hydrogens (primary N) is 1. The van der Waals surface area contributed by atoms with Gasteiger partial charge in [0.15, 0.2) is 0 Å². The van der Waals surface area contributed by atoms with Crippen LogP contribution < -0.4 is 11.3 Å². The molecule has 0 fully saturated rings. The molecule has 2 aromatic rings. The van der Waals surface area contributed by atoms with E-state index in [0.717, 1.165) is 20.7 Å². The number of benzene rings is 2. The lowest BCUT2D eigenvalue weighted by Gasteiger charge is -2.16. The molecule has 0 spiro atoms. The Balaban J connectivity index is 1.95. The molecule has 3 N–H and O–H groups in total. The second-order valence-corrected chi connectivity index (χ2v) is 7.00. The quantitative estimate of drug-likeness (QED) is 0.437. The zero-order valence-corrected chi connectivity index (χ0v) is 14.3. The van der Waals surface area contributed by atoms with Gasteiger partial charge in [-0.3, -0.25) is 11.3 Å². The fourth-order valence-electron chi connectivity index (χ4n) is 1.87. The van der Waals surface area contributed by atoms with Gasteiger partial charge < -0.3 is 0 Å². The third-order valence-corrected chi connectivity index (χ3v) is 4.91. The minimum absolute atomic E-state index is 0.0505. The molecule has 0 aliphatic heterocycles. The van der Waals surface area contributed by atoms with Gasteiger partial charge in [0.05, 0.1) is 5.02 Å². The van der Waals surface area contributed by atoms with Crippen LogP contribution in [-0.4, -0.2) is 11.8 Å². The average molecular weight is 390 g/mol. The first kappa shape index (κ1) is 16.8. The first-order chi connectivity index (χ1) is 10.1. The maximum Gasteiger partial charge on any atom is 0.142 e. The molecule has 0 saturated carbocycles. The zero-order valence-electron chi connectivity index (χ0n) is 11.2. The molecular weight excluding hydrogens is 375 g/mol. The Labute approximate surface area is 141 Å². The Hall–Kier alpha value is -0.590. The topological polar surface area (TPSA) is 38.0 Å². The summed E-state index contributed by atoms with van der Waals surface area (Å²) >= 11 is 10.8. The second kappa shape index (κ2) is 8.15. The number of nitrogens with one attached hydrogen (secondary N) is 1. The van der Waals surface area contributed by atoms with Crippen molar-refractivity contribution >= 4 is 39.3 Å². The van der Waals surface area contributed by atoms with Gasteiger partial charge >= 0.3 is 0 Å². The van der Waals surface area contributed by atoms with Gasteiger partial charge in [-0.1, -0.05) is 39.7 Å². The van der Waals surface area contributed by atoms with E-state index in [1.54, 1.807) is 17.8 Å². The van der Waals surface area contributed by atoms with Crippen molar-refractivity contribution in [2.45, 2.75) is 17.4 Å². The van der Waals surface area contributed by atoms with Gasteiger partial charge in [-0.2, -0.15) is 0 Å². The molecule has 0 aliphatic rings. The smallest absolute Gasteiger partial charge is 0.142 e. The second-order valence-electron chi connectivity index (χ2n) is 4.58. The van der Waals surface area contributed by atoms with Crippen molar-refractivity contribution in [3.05, 3.63) is 63.3 Å².